The molecule has 3 atom stereocenters. The van der Waals surface area contributed by atoms with E-state index in [-0.39, 0.29) is 18.2 Å². The highest BCUT2D eigenvalue weighted by Crippen LogP contribution is 2.33. The van der Waals surface area contributed by atoms with Gasteiger partial charge in [0.15, 0.2) is 0 Å². The van der Waals surface area contributed by atoms with Crippen LogP contribution >= 0.6 is 11.8 Å². The van der Waals surface area contributed by atoms with Crippen molar-refractivity contribution in [2.45, 2.75) is 63.5 Å². The molecule has 1 aliphatic carbocycles. The van der Waals surface area contributed by atoms with Crippen molar-refractivity contribution in [1.29, 1.82) is 0 Å². The summed E-state index contributed by atoms with van der Waals surface area (Å²) >= 11 is 1.80. The van der Waals surface area contributed by atoms with Gasteiger partial charge in [-0.3, -0.25) is 4.99 Å². The molecule has 6 heteroatoms. The molecule has 24 heavy (non-hydrogen) atoms. The normalized spacial score (nSPS) is 29.7. The van der Waals surface area contributed by atoms with E-state index in [2.05, 4.69) is 17.1 Å². The molecule has 0 saturated carbocycles. The monoisotopic (exact) mass is 350 g/mol. The lowest BCUT2D eigenvalue weighted by atomic mass is 10.1. The van der Waals surface area contributed by atoms with Gasteiger partial charge in [-0.05, 0) is 52.7 Å². The van der Waals surface area contributed by atoms with Gasteiger partial charge in [0, 0.05) is 6.54 Å². The summed E-state index contributed by atoms with van der Waals surface area (Å²) in [5.74, 6) is 0.867. The lowest BCUT2D eigenvalue weighted by Gasteiger charge is -2.34. The van der Waals surface area contributed by atoms with Crippen molar-refractivity contribution in [2.75, 3.05) is 13.1 Å². The van der Waals surface area contributed by atoms with Gasteiger partial charge < -0.3 is 14.4 Å². The number of rotatable bonds is 2. The molecule has 1 saturated heterocycles. The van der Waals surface area contributed by atoms with Crippen LogP contribution in [0.15, 0.2) is 29.0 Å². The number of aliphatic imine (C=N–C) groups is 1. The fourth-order valence-corrected chi connectivity index (χ4v) is 4.09. The molecule has 3 aliphatic rings. The molecule has 132 valence electrons. The highest BCUT2D eigenvalue weighted by Gasteiger charge is 2.31. The fourth-order valence-electron chi connectivity index (χ4n) is 3.08. The number of hydrogen-bond acceptors (Lipinski definition) is 5. The third-order valence-corrected chi connectivity index (χ3v) is 5.25. The van der Waals surface area contributed by atoms with E-state index in [0.717, 1.165) is 30.2 Å². The number of carbonyl (C=O) groups is 1. The molecule has 3 rings (SSSR count). The lowest BCUT2D eigenvalue weighted by molar-refractivity contribution is -0.00197. The average molecular weight is 350 g/mol. The molecular formula is C18H26N2O3S. The van der Waals surface area contributed by atoms with Crippen LogP contribution in [0.3, 0.4) is 0 Å². The molecule has 0 aromatic rings. The van der Waals surface area contributed by atoms with Gasteiger partial charge in [-0.1, -0.05) is 6.08 Å². The van der Waals surface area contributed by atoms with E-state index >= 15 is 0 Å². The van der Waals surface area contributed by atoms with Crippen LogP contribution in [0.1, 0.15) is 40.5 Å². The smallest absolute Gasteiger partial charge is 0.410 e. The Morgan fingerprint density at radius 2 is 2.21 bits per heavy atom. The summed E-state index contributed by atoms with van der Waals surface area (Å²) in [6.07, 6.45) is 7.94. The first-order valence-electron chi connectivity index (χ1n) is 8.56. The van der Waals surface area contributed by atoms with Gasteiger partial charge in [0.1, 0.15) is 17.5 Å². The van der Waals surface area contributed by atoms with Gasteiger partial charge in [-0.25, -0.2) is 4.79 Å². The van der Waals surface area contributed by atoms with Gasteiger partial charge in [0.2, 0.25) is 0 Å². The summed E-state index contributed by atoms with van der Waals surface area (Å²) in [4.78, 5) is 18.6. The van der Waals surface area contributed by atoms with Gasteiger partial charge in [0.05, 0.1) is 22.9 Å². The molecule has 3 unspecified atom stereocenters. The van der Waals surface area contributed by atoms with E-state index in [1.165, 1.54) is 0 Å². The van der Waals surface area contributed by atoms with Crippen molar-refractivity contribution in [3.63, 3.8) is 0 Å². The summed E-state index contributed by atoms with van der Waals surface area (Å²) in [6.45, 7) is 9.02. The number of hydrogen-bond donors (Lipinski definition) is 0. The van der Waals surface area contributed by atoms with Crippen molar-refractivity contribution in [2.24, 2.45) is 4.99 Å². The maximum Gasteiger partial charge on any atom is 0.410 e. The Balaban J connectivity index is 1.57. The third kappa shape index (κ3) is 4.35. The van der Waals surface area contributed by atoms with Crippen LogP contribution in [0.4, 0.5) is 4.79 Å². The Morgan fingerprint density at radius 1 is 1.42 bits per heavy atom. The third-order valence-electron chi connectivity index (χ3n) is 4.09. The van der Waals surface area contributed by atoms with E-state index in [4.69, 9.17) is 9.47 Å². The second kappa shape index (κ2) is 6.82. The van der Waals surface area contributed by atoms with E-state index in [9.17, 15) is 4.79 Å². The number of thioether (sulfide) groups is 1. The molecule has 0 aromatic heterocycles. The second-order valence-electron chi connectivity index (χ2n) is 7.46. The topological polar surface area (TPSA) is 51.1 Å². The van der Waals surface area contributed by atoms with E-state index in [0.29, 0.717) is 11.8 Å². The zero-order chi connectivity index (χ0) is 17.3. The minimum absolute atomic E-state index is 0.0119. The largest absolute Gasteiger partial charge is 0.489 e. The number of likely N-dealkylation sites (tertiary alicyclic amines) is 1. The standard InChI is InChI=1S/C18H26N2O3S/c1-12-19-15-10-13(7-8-16(15)24-12)22-14-6-5-9-20(11-14)17(21)23-18(2,3)4/h7-8,10,14-16H,5-6,9,11H2,1-4H3. The Bertz CT molecular complexity index is 592. The molecule has 1 amide bonds. The maximum atomic E-state index is 12.2. The molecule has 0 radical (unpaired) electrons. The van der Waals surface area contributed by atoms with Gasteiger partial charge in [-0.15, -0.1) is 11.8 Å². The van der Waals surface area contributed by atoms with E-state index in [1.54, 1.807) is 16.7 Å². The first-order chi connectivity index (χ1) is 11.3. The predicted octanol–water partition coefficient (Wildman–Crippen LogP) is 3.76. The zero-order valence-corrected chi connectivity index (χ0v) is 15.6. The molecule has 2 heterocycles. The van der Waals surface area contributed by atoms with Crippen molar-refractivity contribution < 1.29 is 14.3 Å². The number of ether oxygens (including phenoxy) is 2. The van der Waals surface area contributed by atoms with Crippen molar-refractivity contribution in [3.05, 3.63) is 24.0 Å². The van der Waals surface area contributed by atoms with E-state index < -0.39 is 5.60 Å². The Hall–Kier alpha value is -1.43. The number of fused-ring (bicyclic) bond motifs is 1. The minimum Gasteiger partial charge on any atom is -0.489 e. The van der Waals surface area contributed by atoms with E-state index in [1.807, 2.05) is 33.8 Å². The van der Waals surface area contributed by atoms with Gasteiger partial charge >= 0.3 is 6.09 Å². The second-order valence-corrected chi connectivity index (χ2v) is 8.83. The first kappa shape index (κ1) is 17.4. The zero-order valence-electron chi connectivity index (χ0n) is 14.8. The van der Waals surface area contributed by atoms with Crippen LogP contribution in [0.5, 0.6) is 0 Å². The Morgan fingerprint density at radius 3 is 2.96 bits per heavy atom. The summed E-state index contributed by atoms with van der Waals surface area (Å²) in [7, 11) is 0. The summed E-state index contributed by atoms with van der Waals surface area (Å²) in [5.41, 5.74) is -0.468. The molecule has 0 aromatic carbocycles. The lowest BCUT2D eigenvalue weighted by Crippen LogP contribution is -2.45. The number of allylic oxidation sites excluding steroid dienone is 1. The summed E-state index contributed by atoms with van der Waals surface area (Å²) < 4.78 is 11.6. The van der Waals surface area contributed by atoms with Crippen LogP contribution in [-0.2, 0) is 9.47 Å². The van der Waals surface area contributed by atoms with Gasteiger partial charge in [0.25, 0.3) is 0 Å². The molecule has 1 fully saturated rings. The molecule has 0 bridgehead atoms. The van der Waals surface area contributed by atoms with Crippen LogP contribution in [0.2, 0.25) is 0 Å². The highest BCUT2D eigenvalue weighted by atomic mass is 32.2. The minimum atomic E-state index is -0.468. The van der Waals surface area contributed by atoms with Crippen LogP contribution in [0.25, 0.3) is 0 Å². The quantitative estimate of drug-likeness (QED) is 0.761. The van der Waals surface area contributed by atoms with Crippen LogP contribution < -0.4 is 0 Å². The number of amides is 1. The molecule has 0 spiro atoms. The Labute approximate surface area is 148 Å². The summed E-state index contributed by atoms with van der Waals surface area (Å²) in [5, 5.41) is 1.53. The maximum absolute atomic E-state index is 12.2. The number of nitrogens with zero attached hydrogens (tertiary/aromatic N) is 2. The van der Waals surface area contributed by atoms with Gasteiger partial charge in [-0.2, -0.15) is 0 Å². The number of piperidine rings is 1. The van der Waals surface area contributed by atoms with Crippen molar-refractivity contribution in [1.82, 2.24) is 4.90 Å². The van der Waals surface area contributed by atoms with Crippen molar-refractivity contribution in [3.8, 4) is 0 Å². The summed E-state index contributed by atoms with van der Waals surface area (Å²) in [6, 6.07) is 0.181. The molecule has 2 aliphatic heterocycles. The highest BCUT2D eigenvalue weighted by molar-refractivity contribution is 8.14. The first-order valence-corrected chi connectivity index (χ1v) is 9.44. The average Bonchev–Trinajstić information content (AvgIpc) is 2.85. The number of carbonyl (C=O) groups excluding carboxylic acids is 1. The molecule has 5 nitrogen and oxygen atoms in total. The SMILES string of the molecule is CC1=NC2C=C(OC3CCCN(C(=O)OC(C)(C)C)C3)C=CC2S1. The molecular weight excluding hydrogens is 324 g/mol. The molecule has 0 N–H and O–H groups in total. The predicted molar refractivity (Wildman–Crippen MR) is 97.4 cm³/mol. The van der Waals surface area contributed by atoms with Crippen molar-refractivity contribution >= 4 is 22.9 Å². The van der Waals surface area contributed by atoms with Crippen LogP contribution in [0, 0.1) is 0 Å². The fraction of sp³-hybridized carbons (Fsp3) is 0.667. The van der Waals surface area contributed by atoms with Crippen LogP contribution in [-0.4, -0.2) is 52.1 Å². The Kier molecular flexibility index (Phi) is 4.95.